The Labute approximate surface area is 124 Å². The molecule has 1 aliphatic carbocycles. The Kier molecular flexibility index (Phi) is 5.13. The van der Waals surface area contributed by atoms with Gasteiger partial charge in [0.15, 0.2) is 6.10 Å². The van der Waals surface area contributed by atoms with Crippen molar-refractivity contribution in [3.63, 3.8) is 0 Å². The average Bonchev–Trinajstić information content (AvgIpc) is 2.73. The normalized spacial score (nSPS) is 28.4. The van der Waals surface area contributed by atoms with E-state index in [2.05, 4.69) is 0 Å². The number of carbonyl (C=O) groups is 2. The highest BCUT2D eigenvalue weighted by atomic mass is 32.2. The van der Waals surface area contributed by atoms with Gasteiger partial charge in [0.2, 0.25) is 5.78 Å². The van der Waals surface area contributed by atoms with E-state index in [1.54, 1.807) is 11.8 Å². The lowest BCUT2D eigenvalue weighted by Crippen LogP contribution is -2.21. The first-order chi connectivity index (χ1) is 9.54. The molecular formula is C15H22O4S. The number of aliphatic hydroxyl groups is 1. The third kappa shape index (κ3) is 3.19. The fourth-order valence-corrected chi connectivity index (χ4v) is 3.23. The predicted molar refractivity (Wildman–Crippen MR) is 78.7 cm³/mol. The molecule has 2 unspecified atom stereocenters. The summed E-state index contributed by atoms with van der Waals surface area (Å²) >= 11 is 1.63. The van der Waals surface area contributed by atoms with Crippen LogP contribution < -0.4 is 0 Å². The molecule has 1 saturated heterocycles. The molecular weight excluding hydrogens is 276 g/mol. The maximum Gasteiger partial charge on any atom is 0.346 e. The van der Waals surface area contributed by atoms with Crippen LogP contribution in [-0.2, 0) is 14.3 Å². The molecule has 0 amide bonds. The van der Waals surface area contributed by atoms with Gasteiger partial charge in [-0.3, -0.25) is 4.79 Å². The van der Waals surface area contributed by atoms with Crippen molar-refractivity contribution < 1.29 is 19.4 Å². The lowest BCUT2D eigenvalue weighted by molar-refractivity contribution is -0.141. The van der Waals surface area contributed by atoms with Gasteiger partial charge in [-0.25, -0.2) is 4.79 Å². The Balaban J connectivity index is 2.14. The first-order valence-electron chi connectivity index (χ1n) is 7.25. The molecule has 2 atom stereocenters. The number of thioether (sulfide) groups is 1. The van der Waals surface area contributed by atoms with Crippen LogP contribution in [0.25, 0.3) is 0 Å². The van der Waals surface area contributed by atoms with Crippen LogP contribution in [0.5, 0.6) is 0 Å². The summed E-state index contributed by atoms with van der Waals surface area (Å²) < 4.78 is 5.15. The van der Waals surface area contributed by atoms with Gasteiger partial charge in [-0.2, -0.15) is 11.8 Å². The molecule has 0 radical (unpaired) electrons. The number of ketones is 1. The molecule has 0 spiro atoms. The first-order valence-corrected chi connectivity index (χ1v) is 8.54. The predicted octanol–water partition coefficient (Wildman–Crippen LogP) is 3.01. The van der Waals surface area contributed by atoms with Crippen molar-refractivity contribution in [2.75, 3.05) is 6.26 Å². The van der Waals surface area contributed by atoms with Gasteiger partial charge in [0, 0.05) is 17.6 Å². The number of aliphatic hydroxyl groups excluding tert-OH is 1. The molecule has 4 nitrogen and oxygen atoms in total. The van der Waals surface area contributed by atoms with Crippen LogP contribution in [0.15, 0.2) is 11.3 Å². The van der Waals surface area contributed by atoms with Crippen molar-refractivity contribution in [3.05, 3.63) is 11.3 Å². The number of ether oxygens (including phenoxy) is 1. The molecule has 1 heterocycles. The summed E-state index contributed by atoms with van der Waals surface area (Å²) in [6.07, 6.45) is 6.69. The molecule has 20 heavy (non-hydrogen) atoms. The highest BCUT2D eigenvalue weighted by Gasteiger charge is 2.42. The van der Waals surface area contributed by atoms with E-state index in [1.807, 2.05) is 13.2 Å². The van der Waals surface area contributed by atoms with Crippen LogP contribution in [0.3, 0.4) is 0 Å². The van der Waals surface area contributed by atoms with E-state index in [0.29, 0.717) is 6.42 Å². The van der Waals surface area contributed by atoms with Crippen LogP contribution in [0.2, 0.25) is 0 Å². The van der Waals surface area contributed by atoms with E-state index in [9.17, 15) is 14.7 Å². The molecule has 2 fully saturated rings. The minimum Gasteiger partial charge on any atom is -0.511 e. The molecule has 1 N–H and O–H groups in total. The summed E-state index contributed by atoms with van der Waals surface area (Å²) in [6, 6.07) is 0. The maximum absolute atomic E-state index is 12.3. The molecule has 1 aliphatic heterocycles. The lowest BCUT2D eigenvalue weighted by atomic mass is 9.85. The van der Waals surface area contributed by atoms with Crippen LogP contribution in [0, 0.1) is 5.92 Å². The van der Waals surface area contributed by atoms with Gasteiger partial charge in [0.25, 0.3) is 0 Å². The largest absolute Gasteiger partial charge is 0.511 e. The van der Waals surface area contributed by atoms with Crippen molar-refractivity contribution in [1.29, 1.82) is 0 Å². The zero-order chi connectivity index (χ0) is 14.7. The summed E-state index contributed by atoms with van der Waals surface area (Å²) in [6.45, 7) is 1.99. The van der Waals surface area contributed by atoms with Gasteiger partial charge in [-0.15, -0.1) is 0 Å². The highest BCUT2D eigenvalue weighted by Crippen LogP contribution is 2.33. The summed E-state index contributed by atoms with van der Waals surface area (Å²) in [4.78, 5) is 24.2. The number of hydrogen-bond donors (Lipinski definition) is 1. The topological polar surface area (TPSA) is 63.6 Å². The average molecular weight is 298 g/mol. The second-order valence-electron chi connectivity index (χ2n) is 5.64. The fourth-order valence-electron chi connectivity index (χ4n) is 2.87. The zero-order valence-electron chi connectivity index (χ0n) is 12.1. The number of Topliss-reactive ketones (excluding diaryl/α,β-unsaturated/α-hetero) is 1. The van der Waals surface area contributed by atoms with E-state index >= 15 is 0 Å². The van der Waals surface area contributed by atoms with E-state index in [1.165, 1.54) is 0 Å². The Morgan fingerprint density at radius 1 is 1.35 bits per heavy atom. The minimum atomic E-state index is -0.717. The Bertz CT molecular complexity index is 424. The quantitative estimate of drug-likeness (QED) is 0.374. The number of carbonyl (C=O) groups excluding carboxylic acids is 2. The van der Waals surface area contributed by atoms with Gasteiger partial charge >= 0.3 is 5.97 Å². The van der Waals surface area contributed by atoms with Crippen molar-refractivity contribution >= 4 is 23.5 Å². The second-order valence-corrected chi connectivity index (χ2v) is 6.91. The van der Waals surface area contributed by atoms with E-state index in [4.69, 9.17) is 4.74 Å². The molecule has 0 aromatic rings. The first kappa shape index (κ1) is 15.4. The van der Waals surface area contributed by atoms with Gasteiger partial charge in [-0.05, 0) is 19.1 Å². The van der Waals surface area contributed by atoms with Crippen molar-refractivity contribution in [3.8, 4) is 0 Å². The smallest absolute Gasteiger partial charge is 0.346 e. The summed E-state index contributed by atoms with van der Waals surface area (Å²) in [5.74, 6) is -1.05. The summed E-state index contributed by atoms with van der Waals surface area (Å²) in [5.41, 5.74) is -0.0878. The van der Waals surface area contributed by atoms with Crippen molar-refractivity contribution in [2.24, 2.45) is 5.92 Å². The second kappa shape index (κ2) is 6.66. The molecule has 0 bridgehead atoms. The Morgan fingerprint density at radius 3 is 2.60 bits per heavy atom. The number of cyclic esters (lactones) is 1. The molecule has 1 saturated carbocycles. The molecule has 112 valence electrons. The van der Waals surface area contributed by atoms with Crippen LogP contribution in [-0.4, -0.2) is 34.5 Å². The van der Waals surface area contributed by atoms with Crippen LogP contribution in [0.4, 0.5) is 0 Å². The fraction of sp³-hybridized carbons (Fsp3) is 0.733. The third-order valence-electron chi connectivity index (χ3n) is 4.19. The standard InChI is InChI=1S/C15H22O4S/c1-9(20-2)8-11-14(17)12(15(18)19-11)13(16)10-6-4-3-5-7-10/h9-11,16H,3-8H2,1-2H3. The number of rotatable bonds is 4. The van der Waals surface area contributed by atoms with Gasteiger partial charge < -0.3 is 9.84 Å². The summed E-state index contributed by atoms with van der Waals surface area (Å²) in [7, 11) is 0. The third-order valence-corrected chi connectivity index (χ3v) is 5.19. The minimum absolute atomic E-state index is 0.0287. The molecule has 2 rings (SSSR count). The van der Waals surface area contributed by atoms with Gasteiger partial charge in [-0.1, -0.05) is 26.2 Å². The number of esters is 1. The molecule has 5 heteroatoms. The molecule has 0 aromatic carbocycles. The Morgan fingerprint density at radius 2 is 2.00 bits per heavy atom. The zero-order valence-corrected chi connectivity index (χ0v) is 12.9. The number of allylic oxidation sites excluding steroid dienone is 1. The van der Waals surface area contributed by atoms with Crippen molar-refractivity contribution in [1.82, 2.24) is 0 Å². The van der Waals surface area contributed by atoms with Gasteiger partial charge in [0.1, 0.15) is 11.3 Å². The maximum atomic E-state index is 12.3. The van der Waals surface area contributed by atoms with E-state index in [-0.39, 0.29) is 28.3 Å². The molecule has 2 aliphatic rings. The summed E-state index contributed by atoms with van der Waals surface area (Å²) in [5, 5.41) is 10.5. The van der Waals surface area contributed by atoms with Crippen molar-refractivity contribution in [2.45, 2.75) is 56.8 Å². The molecule has 0 aromatic heterocycles. The SMILES string of the molecule is CSC(C)CC1OC(=O)C(=C(O)C2CCCCC2)C1=O. The van der Waals surface area contributed by atoms with Crippen LogP contribution in [0.1, 0.15) is 45.4 Å². The number of hydrogen-bond acceptors (Lipinski definition) is 5. The van der Waals surface area contributed by atoms with Gasteiger partial charge in [0.05, 0.1) is 0 Å². The monoisotopic (exact) mass is 298 g/mol. The van der Waals surface area contributed by atoms with E-state index < -0.39 is 12.1 Å². The highest BCUT2D eigenvalue weighted by molar-refractivity contribution is 7.99. The Hall–Kier alpha value is -0.970. The van der Waals surface area contributed by atoms with Crippen LogP contribution >= 0.6 is 11.8 Å². The van der Waals surface area contributed by atoms with E-state index in [0.717, 1.165) is 32.1 Å². The lowest BCUT2D eigenvalue weighted by Gasteiger charge is -2.21.